The third-order valence-corrected chi connectivity index (χ3v) is 6.02. The Kier molecular flexibility index (Phi) is 5.18. The van der Waals surface area contributed by atoms with Crippen molar-refractivity contribution in [1.29, 1.82) is 0 Å². The first kappa shape index (κ1) is 18.7. The van der Waals surface area contributed by atoms with Gasteiger partial charge in [0, 0.05) is 29.8 Å². The van der Waals surface area contributed by atoms with Crippen LogP contribution in [0.4, 0.5) is 11.4 Å². The number of carbonyl (C=O) groups is 2. The average Bonchev–Trinajstić information content (AvgIpc) is 2.71. The summed E-state index contributed by atoms with van der Waals surface area (Å²) in [5.74, 6) is 0.144. The molecule has 2 aliphatic rings. The molecule has 2 aromatic carbocycles. The Morgan fingerprint density at radius 1 is 1.11 bits per heavy atom. The van der Waals surface area contributed by atoms with Gasteiger partial charge in [0.05, 0.1) is 0 Å². The monoisotopic (exact) mass is 377 g/mol. The molecule has 2 heterocycles. The number of fused-ring (bicyclic) bond motifs is 1. The quantitative estimate of drug-likeness (QED) is 0.852. The average molecular weight is 377 g/mol. The first-order chi connectivity index (χ1) is 13.5. The molecule has 2 amide bonds. The minimum Gasteiger partial charge on any atom is -0.326 e. The van der Waals surface area contributed by atoms with Crippen LogP contribution >= 0.6 is 0 Å². The summed E-state index contributed by atoms with van der Waals surface area (Å²) in [6.07, 6.45) is 2.93. The number of nitrogens with one attached hydrogen (secondary N) is 2. The van der Waals surface area contributed by atoms with Crippen LogP contribution in [0, 0.1) is 5.41 Å². The Morgan fingerprint density at radius 3 is 2.61 bits per heavy atom. The fraction of sp³-hybridized carbons (Fsp3) is 0.391. The van der Waals surface area contributed by atoms with Gasteiger partial charge in [0.25, 0.3) is 0 Å². The van der Waals surface area contributed by atoms with Gasteiger partial charge in [0.15, 0.2) is 0 Å². The molecule has 0 atom stereocenters. The van der Waals surface area contributed by atoms with Gasteiger partial charge in [-0.25, -0.2) is 0 Å². The van der Waals surface area contributed by atoms with Gasteiger partial charge in [0.1, 0.15) is 0 Å². The van der Waals surface area contributed by atoms with Gasteiger partial charge < -0.3 is 10.6 Å². The van der Waals surface area contributed by atoms with Crippen molar-refractivity contribution in [2.75, 3.05) is 23.7 Å². The van der Waals surface area contributed by atoms with E-state index in [0.29, 0.717) is 6.42 Å². The van der Waals surface area contributed by atoms with E-state index in [-0.39, 0.29) is 17.2 Å². The number of amides is 2. The Labute approximate surface area is 166 Å². The topological polar surface area (TPSA) is 61.4 Å². The van der Waals surface area contributed by atoms with Crippen molar-refractivity contribution in [3.63, 3.8) is 0 Å². The fourth-order valence-corrected chi connectivity index (χ4v) is 4.02. The first-order valence-corrected chi connectivity index (χ1v) is 10.0. The maximum atomic E-state index is 13.0. The van der Waals surface area contributed by atoms with E-state index in [9.17, 15) is 9.59 Å². The molecule has 146 valence electrons. The summed E-state index contributed by atoms with van der Waals surface area (Å²) in [5, 5.41) is 5.99. The van der Waals surface area contributed by atoms with Crippen molar-refractivity contribution in [3.05, 3.63) is 59.7 Å². The number of nitrogens with zero attached hydrogens (tertiary/aromatic N) is 1. The summed E-state index contributed by atoms with van der Waals surface area (Å²) in [4.78, 5) is 26.9. The highest BCUT2D eigenvalue weighted by molar-refractivity contribution is 5.97. The molecular weight excluding hydrogens is 350 g/mol. The largest absolute Gasteiger partial charge is 0.326 e. The number of aryl methyl sites for hydroxylation is 1. The van der Waals surface area contributed by atoms with Crippen molar-refractivity contribution in [3.8, 4) is 0 Å². The second-order valence-corrected chi connectivity index (χ2v) is 8.20. The molecule has 0 aromatic heterocycles. The van der Waals surface area contributed by atoms with E-state index < -0.39 is 0 Å². The standard InChI is InChI=1S/C23H27N3O2/c1-23(11-13-26(14-12-23)16-17-5-3-2-4-6-17)22(28)24-19-8-9-20-18(15-19)7-10-21(27)25-20/h2-6,8-9,15H,7,10-14,16H2,1H3,(H,24,28)(H,25,27). The van der Waals surface area contributed by atoms with Crippen LogP contribution in [0.1, 0.15) is 37.3 Å². The molecule has 2 N–H and O–H groups in total. The number of hydrogen-bond donors (Lipinski definition) is 2. The van der Waals surface area contributed by atoms with Crippen LogP contribution in [0.3, 0.4) is 0 Å². The van der Waals surface area contributed by atoms with Gasteiger partial charge in [0.2, 0.25) is 11.8 Å². The highest BCUT2D eigenvalue weighted by Gasteiger charge is 2.37. The van der Waals surface area contributed by atoms with E-state index in [4.69, 9.17) is 0 Å². The second kappa shape index (κ2) is 7.76. The van der Waals surface area contributed by atoms with E-state index in [2.05, 4.69) is 46.7 Å². The van der Waals surface area contributed by atoms with Gasteiger partial charge in [-0.05, 0) is 61.7 Å². The molecule has 1 saturated heterocycles. The lowest BCUT2D eigenvalue weighted by Gasteiger charge is -2.38. The fourth-order valence-electron chi connectivity index (χ4n) is 4.02. The second-order valence-electron chi connectivity index (χ2n) is 8.20. The molecule has 0 bridgehead atoms. The van der Waals surface area contributed by atoms with E-state index >= 15 is 0 Å². The molecule has 5 nitrogen and oxygen atoms in total. The predicted octanol–water partition coefficient (Wildman–Crippen LogP) is 3.81. The highest BCUT2D eigenvalue weighted by Crippen LogP contribution is 2.34. The van der Waals surface area contributed by atoms with Gasteiger partial charge in [-0.15, -0.1) is 0 Å². The molecule has 2 aromatic rings. The van der Waals surface area contributed by atoms with Crippen molar-refractivity contribution in [1.82, 2.24) is 4.90 Å². The van der Waals surface area contributed by atoms with Gasteiger partial charge in [-0.2, -0.15) is 0 Å². The van der Waals surface area contributed by atoms with E-state index in [1.165, 1.54) is 5.56 Å². The Morgan fingerprint density at radius 2 is 1.86 bits per heavy atom. The van der Waals surface area contributed by atoms with Crippen molar-refractivity contribution < 1.29 is 9.59 Å². The molecule has 1 fully saturated rings. The summed E-state index contributed by atoms with van der Waals surface area (Å²) in [5.41, 5.74) is 3.72. The van der Waals surface area contributed by atoms with Crippen LogP contribution in [0.15, 0.2) is 48.5 Å². The van der Waals surface area contributed by atoms with Crippen LogP contribution < -0.4 is 10.6 Å². The molecule has 0 radical (unpaired) electrons. The molecule has 2 aliphatic heterocycles. The lowest BCUT2D eigenvalue weighted by atomic mass is 9.79. The van der Waals surface area contributed by atoms with E-state index in [0.717, 1.165) is 55.8 Å². The maximum Gasteiger partial charge on any atom is 0.230 e. The van der Waals surface area contributed by atoms with Crippen molar-refractivity contribution in [2.24, 2.45) is 5.41 Å². The van der Waals surface area contributed by atoms with E-state index in [1.807, 2.05) is 24.3 Å². The Bertz CT molecular complexity index is 871. The summed E-state index contributed by atoms with van der Waals surface area (Å²) in [6.45, 7) is 4.86. The smallest absolute Gasteiger partial charge is 0.230 e. The molecule has 0 saturated carbocycles. The van der Waals surface area contributed by atoms with Crippen LogP contribution in [-0.4, -0.2) is 29.8 Å². The zero-order valence-electron chi connectivity index (χ0n) is 16.3. The summed E-state index contributed by atoms with van der Waals surface area (Å²) < 4.78 is 0. The Balaban J connectivity index is 1.35. The van der Waals surface area contributed by atoms with Crippen LogP contribution in [-0.2, 0) is 22.6 Å². The third kappa shape index (κ3) is 4.09. The van der Waals surface area contributed by atoms with Crippen LogP contribution in [0.25, 0.3) is 0 Å². The van der Waals surface area contributed by atoms with E-state index in [1.54, 1.807) is 0 Å². The summed E-state index contributed by atoms with van der Waals surface area (Å²) in [6, 6.07) is 16.2. The van der Waals surface area contributed by atoms with Crippen molar-refractivity contribution >= 4 is 23.2 Å². The summed E-state index contributed by atoms with van der Waals surface area (Å²) >= 11 is 0. The molecular formula is C23H27N3O2. The SMILES string of the molecule is CC1(C(=O)Nc2ccc3c(c2)CCC(=O)N3)CCN(Cc2ccccc2)CC1. The van der Waals surface area contributed by atoms with Crippen LogP contribution in [0.5, 0.6) is 0 Å². The zero-order valence-corrected chi connectivity index (χ0v) is 16.3. The minimum atomic E-state index is -0.350. The number of rotatable bonds is 4. The maximum absolute atomic E-state index is 13.0. The predicted molar refractivity (Wildman–Crippen MR) is 111 cm³/mol. The Hall–Kier alpha value is -2.66. The normalized spacial score (nSPS) is 18.8. The molecule has 5 heteroatoms. The molecule has 28 heavy (non-hydrogen) atoms. The van der Waals surface area contributed by atoms with Crippen molar-refractivity contribution in [2.45, 2.75) is 39.2 Å². The van der Waals surface area contributed by atoms with Gasteiger partial charge >= 0.3 is 0 Å². The third-order valence-electron chi connectivity index (χ3n) is 6.02. The van der Waals surface area contributed by atoms with Gasteiger partial charge in [-0.3, -0.25) is 14.5 Å². The lowest BCUT2D eigenvalue weighted by Crippen LogP contribution is -2.44. The zero-order chi connectivity index (χ0) is 19.6. The number of carbonyl (C=O) groups excluding carboxylic acids is 2. The number of anilines is 2. The number of piperidine rings is 1. The highest BCUT2D eigenvalue weighted by atomic mass is 16.2. The lowest BCUT2D eigenvalue weighted by molar-refractivity contribution is -0.127. The van der Waals surface area contributed by atoms with Crippen LogP contribution in [0.2, 0.25) is 0 Å². The van der Waals surface area contributed by atoms with Gasteiger partial charge in [-0.1, -0.05) is 37.3 Å². The summed E-state index contributed by atoms with van der Waals surface area (Å²) in [7, 11) is 0. The molecule has 0 spiro atoms. The molecule has 0 unspecified atom stereocenters. The molecule has 0 aliphatic carbocycles. The first-order valence-electron chi connectivity index (χ1n) is 10.0. The number of hydrogen-bond acceptors (Lipinski definition) is 3. The minimum absolute atomic E-state index is 0.0547. The number of likely N-dealkylation sites (tertiary alicyclic amines) is 1. The molecule has 4 rings (SSSR count). The number of benzene rings is 2.